The molecule has 1 saturated heterocycles. The maximum absolute atomic E-state index is 5.95. The van der Waals surface area contributed by atoms with Crippen molar-refractivity contribution in [3.8, 4) is 5.75 Å². The van der Waals surface area contributed by atoms with Crippen molar-refractivity contribution >= 4 is 11.6 Å². The van der Waals surface area contributed by atoms with Crippen LogP contribution in [0.15, 0.2) is 24.3 Å². The van der Waals surface area contributed by atoms with Crippen molar-refractivity contribution in [1.29, 1.82) is 0 Å². The predicted octanol–water partition coefficient (Wildman–Crippen LogP) is 3.18. The zero-order valence-corrected chi connectivity index (χ0v) is 13.0. The molecule has 1 fully saturated rings. The molecular formula is C16H25ClN2O. The van der Waals surface area contributed by atoms with Crippen LogP contribution in [-0.4, -0.2) is 43.7 Å². The summed E-state index contributed by atoms with van der Waals surface area (Å²) < 4.78 is 5.78. The summed E-state index contributed by atoms with van der Waals surface area (Å²) in [4.78, 5) is 2.49. The molecule has 1 aliphatic rings. The predicted molar refractivity (Wildman–Crippen MR) is 84.7 cm³/mol. The Balaban J connectivity index is 1.73. The highest BCUT2D eigenvalue weighted by atomic mass is 35.5. The van der Waals surface area contributed by atoms with E-state index in [1.165, 1.54) is 25.8 Å². The molecule has 0 bridgehead atoms. The van der Waals surface area contributed by atoms with E-state index in [2.05, 4.69) is 17.1 Å². The van der Waals surface area contributed by atoms with Crippen LogP contribution in [0.25, 0.3) is 0 Å². The lowest BCUT2D eigenvalue weighted by atomic mass is 10.2. The van der Waals surface area contributed by atoms with Crippen molar-refractivity contribution in [3.63, 3.8) is 0 Å². The minimum Gasteiger partial charge on any atom is -0.492 e. The van der Waals surface area contributed by atoms with Gasteiger partial charge in [0.05, 0.1) is 0 Å². The molecule has 1 unspecified atom stereocenters. The summed E-state index contributed by atoms with van der Waals surface area (Å²) in [5, 5.41) is 4.29. The van der Waals surface area contributed by atoms with E-state index in [1.54, 1.807) is 0 Å². The monoisotopic (exact) mass is 296 g/mol. The average Bonchev–Trinajstić information content (AvgIpc) is 2.92. The number of nitrogens with one attached hydrogen (secondary N) is 1. The number of nitrogens with zero attached hydrogens (tertiary/aromatic N) is 1. The Morgan fingerprint density at radius 2 is 2.30 bits per heavy atom. The maximum Gasteiger partial charge on any atom is 0.120 e. The number of halogens is 1. The second kappa shape index (κ2) is 8.50. The van der Waals surface area contributed by atoms with Crippen LogP contribution in [0.2, 0.25) is 5.02 Å². The molecule has 1 aliphatic heterocycles. The summed E-state index contributed by atoms with van der Waals surface area (Å²) in [6.07, 6.45) is 3.79. The molecule has 3 nitrogen and oxygen atoms in total. The first-order chi connectivity index (χ1) is 9.78. The van der Waals surface area contributed by atoms with Crippen molar-refractivity contribution < 1.29 is 4.74 Å². The Kier molecular flexibility index (Phi) is 6.64. The van der Waals surface area contributed by atoms with Gasteiger partial charge < -0.3 is 10.1 Å². The molecule has 2 rings (SSSR count). The Hall–Kier alpha value is -0.770. The molecular weight excluding hydrogens is 272 g/mol. The van der Waals surface area contributed by atoms with Gasteiger partial charge in [0, 0.05) is 24.2 Å². The molecule has 1 atom stereocenters. The van der Waals surface area contributed by atoms with Gasteiger partial charge in [0.25, 0.3) is 0 Å². The Morgan fingerprint density at radius 3 is 3.00 bits per heavy atom. The lowest BCUT2D eigenvalue weighted by molar-refractivity contribution is 0.196. The summed E-state index contributed by atoms with van der Waals surface area (Å²) in [7, 11) is 0. The molecule has 0 aromatic heterocycles. The van der Waals surface area contributed by atoms with Crippen LogP contribution in [0.5, 0.6) is 5.75 Å². The van der Waals surface area contributed by atoms with E-state index in [1.807, 2.05) is 24.3 Å². The number of benzene rings is 1. The average molecular weight is 297 g/mol. The molecule has 0 saturated carbocycles. The molecule has 4 heteroatoms. The van der Waals surface area contributed by atoms with Crippen LogP contribution in [-0.2, 0) is 0 Å². The number of hydrogen-bond donors (Lipinski definition) is 1. The van der Waals surface area contributed by atoms with E-state index in [0.717, 1.165) is 30.4 Å². The zero-order valence-electron chi connectivity index (χ0n) is 12.3. The van der Waals surface area contributed by atoms with E-state index in [-0.39, 0.29) is 0 Å². The maximum atomic E-state index is 5.95. The SMILES string of the molecule is CCCN(CCOc1cccc(Cl)c1)CC1CCCN1. The van der Waals surface area contributed by atoms with Gasteiger partial charge in [-0.1, -0.05) is 24.6 Å². The standard InChI is InChI=1S/C16H25ClN2O/c1-2-9-19(13-15-6-4-8-18-15)10-11-20-16-7-3-5-14(17)12-16/h3,5,7,12,15,18H,2,4,6,8-11,13H2,1H3. The Morgan fingerprint density at radius 1 is 1.40 bits per heavy atom. The summed E-state index contributed by atoms with van der Waals surface area (Å²) in [5.74, 6) is 0.855. The van der Waals surface area contributed by atoms with E-state index in [0.29, 0.717) is 12.6 Å². The molecule has 1 heterocycles. The largest absolute Gasteiger partial charge is 0.492 e. The van der Waals surface area contributed by atoms with Crippen LogP contribution >= 0.6 is 11.6 Å². The van der Waals surface area contributed by atoms with Gasteiger partial charge in [0.1, 0.15) is 12.4 Å². The lowest BCUT2D eigenvalue weighted by Gasteiger charge is -2.25. The third kappa shape index (κ3) is 5.31. The molecule has 112 valence electrons. The van der Waals surface area contributed by atoms with Crippen LogP contribution in [0.3, 0.4) is 0 Å². The van der Waals surface area contributed by atoms with E-state index in [9.17, 15) is 0 Å². The third-order valence-corrected chi connectivity index (χ3v) is 3.89. The van der Waals surface area contributed by atoms with Crippen molar-refractivity contribution in [2.75, 3.05) is 32.8 Å². The van der Waals surface area contributed by atoms with Crippen molar-refractivity contribution in [1.82, 2.24) is 10.2 Å². The lowest BCUT2D eigenvalue weighted by Crippen LogP contribution is -2.39. The quantitative estimate of drug-likeness (QED) is 0.797. The fourth-order valence-electron chi connectivity index (χ4n) is 2.68. The van der Waals surface area contributed by atoms with Gasteiger partial charge in [-0.2, -0.15) is 0 Å². The molecule has 1 N–H and O–H groups in total. The van der Waals surface area contributed by atoms with Gasteiger partial charge in [-0.15, -0.1) is 0 Å². The van der Waals surface area contributed by atoms with Gasteiger partial charge in [-0.05, 0) is 50.6 Å². The fraction of sp³-hybridized carbons (Fsp3) is 0.625. The van der Waals surface area contributed by atoms with Gasteiger partial charge >= 0.3 is 0 Å². The van der Waals surface area contributed by atoms with E-state index >= 15 is 0 Å². The van der Waals surface area contributed by atoms with Crippen LogP contribution in [0.1, 0.15) is 26.2 Å². The first-order valence-corrected chi connectivity index (χ1v) is 8.00. The molecule has 0 radical (unpaired) electrons. The summed E-state index contributed by atoms with van der Waals surface area (Å²) >= 11 is 5.95. The second-order valence-electron chi connectivity index (χ2n) is 5.40. The van der Waals surface area contributed by atoms with Crippen LogP contribution in [0.4, 0.5) is 0 Å². The molecule has 20 heavy (non-hydrogen) atoms. The third-order valence-electron chi connectivity index (χ3n) is 3.65. The van der Waals surface area contributed by atoms with Gasteiger partial charge in [0.15, 0.2) is 0 Å². The van der Waals surface area contributed by atoms with Crippen LogP contribution in [0, 0.1) is 0 Å². The first kappa shape index (κ1) is 15.6. The van der Waals surface area contributed by atoms with Crippen molar-refractivity contribution in [2.24, 2.45) is 0 Å². The Bertz CT molecular complexity index is 394. The minimum atomic E-state index is 0.660. The minimum absolute atomic E-state index is 0.660. The van der Waals surface area contributed by atoms with Crippen LogP contribution < -0.4 is 10.1 Å². The molecule has 0 amide bonds. The number of rotatable bonds is 8. The highest BCUT2D eigenvalue weighted by Crippen LogP contribution is 2.17. The van der Waals surface area contributed by atoms with Crippen molar-refractivity contribution in [3.05, 3.63) is 29.3 Å². The van der Waals surface area contributed by atoms with Gasteiger partial charge in [-0.25, -0.2) is 0 Å². The molecule has 1 aromatic rings. The Labute approximate surface area is 127 Å². The summed E-state index contributed by atoms with van der Waals surface area (Å²) in [5.41, 5.74) is 0. The number of hydrogen-bond acceptors (Lipinski definition) is 3. The molecule has 0 spiro atoms. The normalized spacial score (nSPS) is 18.6. The van der Waals surface area contributed by atoms with E-state index in [4.69, 9.17) is 16.3 Å². The number of ether oxygens (including phenoxy) is 1. The van der Waals surface area contributed by atoms with Gasteiger partial charge in [0.2, 0.25) is 0 Å². The summed E-state index contributed by atoms with van der Waals surface area (Å²) in [6.45, 7) is 7.35. The smallest absolute Gasteiger partial charge is 0.120 e. The highest BCUT2D eigenvalue weighted by molar-refractivity contribution is 6.30. The van der Waals surface area contributed by atoms with Crippen molar-refractivity contribution in [2.45, 2.75) is 32.2 Å². The molecule has 1 aromatic carbocycles. The summed E-state index contributed by atoms with van der Waals surface area (Å²) in [6, 6.07) is 8.26. The molecule has 0 aliphatic carbocycles. The fourth-order valence-corrected chi connectivity index (χ4v) is 2.86. The first-order valence-electron chi connectivity index (χ1n) is 7.62. The second-order valence-corrected chi connectivity index (χ2v) is 5.84. The topological polar surface area (TPSA) is 24.5 Å². The van der Waals surface area contributed by atoms with E-state index < -0.39 is 0 Å². The zero-order chi connectivity index (χ0) is 14.2. The highest BCUT2D eigenvalue weighted by Gasteiger charge is 2.17. The van der Waals surface area contributed by atoms with Gasteiger partial charge in [-0.3, -0.25) is 4.90 Å².